The topological polar surface area (TPSA) is 44.8 Å². The van der Waals surface area contributed by atoms with Crippen LogP contribution in [0.25, 0.3) is 0 Å². The Balaban J connectivity index is 1.91. The van der Waals surface area contributed by atoms with Gasteiger partial charge >= 0.3 is 5.97 Å². The van der Waals surface area contributed by atoms with Gasteiger partial charge in [-0.25, -0.2) is 4.79 Å². The van der Waals surface area contributed by atoms with E-state index < -0.39 is 5.79 Å². The van der Waals surface area contributed by atoms with E-state index in [4.69, 9.17) is 14.2 Å². The fourth-order valence-electron chi connectivity index (χ4n) is 4.34. The van der Waals surface area contributed by atoms with Crippen molar-refractivity contribution in [2.75, 3.05) is 32.3 Å². The van der Waals surface area contributed by atoms with E-state index in [1.165, 1.54) is 12.0 Å². The molecule has 1 spiro atoms. The van der Waals surface area contributed by atoms with Crippen LogP contribution in [0.2, 0.25) is 0 Å². The molecule has 4 rings (SSSR count). The third kappa shape index (κ3) is 4.03. The highest BCUT2D eigenvalue weighted by atomic mass is 32.2. The van der Waals surface area contributed by atoms with Gasteiger partial charge < -0.3 is 14.2 Å². The molecule has 2 aromatic carbocycles. The van der Waals surface area contributed by atoms with Crippen LogP contribution in [0.15, 0.2) is 42.5 Å². The predicted octanol–water partition coefficient (Wildman–Crippen LogP) is 5.13. The van der Waals surface area contributed by atoms with E-state index in [0.29, 0.717) is 18.6 Å². The number of fused-ring (bicyclic) bond motifs is 5. The largest absolute Gasteiger partial charge is 0.462 e. The monoisotopic (exact) mass is 444 g/mol. The summed E-state index contributed by atoms with van der Waals surface area (Å²) in [6, 6.07) is 14.7. The summed E-state index contributed by atoms with van der Waals surface area (Å²) in [6.07, 6.45) is 2.58. The lowest BCUT2D eigenvalue weighted by atomic mass is 9.89. The number of benzene rings is 2. The first-order chi connectivity index (χ1) is 14.5. The van der Waals surface area contributed by atoms with E-state index >= 15 is 0 Å². The van der Waals surface area contributed by atoms with Crippen molar-refractivity contribution in [1.82, 2.24) is 0 Å². The number of esters is 1. The van der Waals surface area contributed by atoms with Gasteiger partial charge in [-0.3, -0.25) is 0 Å². The maximum absolute atomic E-state index is 12.6. The molecule has 0 amide bonds. The summed E-state index contributed by atoms with van der Waals surface area (Å²) in [5.74, 6) is 1.06. The Morgan fingerprint density at radius 3 is 2.30 bits per heavy atom. The van der Waals surface area contributed by atoms with Crippen LogP contribution < -0.4 is 0 Å². The summed E-state index contributed by atoms with van der Waals surface area (Å²) < 4.78 is 17.1. The number of carbonyl (C=O) groups excluding carboxylic acids is 1. The number of ether oxygens (including phenoxy) is 3. The second-order valence-electron chi connectivity index (χ2n) is 7.66. The number of hydrogen-bond donors (Lipinski definition) is 0. The summed E-state index contributed by atoms with van der Waals surface area (Å²) in [6.45, 7) is 2.19. The van der Waals surface area contributed by atoms with Gasteiger partial charge in [0.1, 0.15) is 0 Å². The van der Waals surface area contributed by atoms with Crippen LogP contribution in [0.1, 0.15) is 46.0 Å². The minimum atomic E-state index is -0.914. The maximum Gasteiger partial charge on any atom is 0.338 e. The van der Waals surface area contributed by atoms with Gasteiger partial charge in [-0.05, 0) is 59.7 Å². The zero-order chi connectivity index (χ0) is 21.2. The molecule has 4 nitrogen and oxygen atoms in total. The van der Waals surface area contributed by atoms with Crippen LogP contribution in [-0.4, -0.2) is 38.3 Å². The van der Waals surface area contributed by atoms with E-state index in [2.05, 4.69) is 30.3 Å². The smallest absolute Gasteiger partial charge is 0.338 e. The Morgan fingerprint density at radius 2 is 1.63 bits per heavy atom. The molecule has 2 aliphatic rings. The molecule has 0 radical (unpaired) electrons. The van der Waals surface area contributed by atoms with Crippen molar-refractivity contribution in [3.63, 3.8) is 0 Å². The lowest BCUT2D eigenvalue weighted by Crippen LogP contribution is -2.35. The molecule has 160 valence electrons. The molecule has 6 heteroatoms. The molecule has 0 N–H and O–H groups in total. The number of carbonyl (C=O) groups is 1. The molecule has 4 bridgehead atoms. The fourth-order valence-corrected chi connectivity index (χ4v) is 7.72. The number of hydrogen-bond acceptors (Lipinski definition) is 6. The first kappa shape index (κ1) is 21.8. The van der Waals surface area contributed by atoms with Crippen LogP contribution in [0.3, 0.4) is 0 Å². The number of methoxy groups -OCH3 is 2. The quantitative estimate of drug-likeness (QED) is 0.481. The lowest BCUT2D eigenvalue weighted by molar-refractivity contribution is -0.215. The summed E-state index contributed by atoms with van der Waals surface area (Å²) in [7, 11) is 3.36. The van der Waals surface area contributed by atoms with Gasteiger partial charge in [0.05, 0.1) is 16.2 Å². The molecule has 1 aliphatic heterocycles. The zero-order valence-corrected chi connectivity index (χ0v) is 19.4. The van der Waals surface area contributed by atoms with Gasteiger partial charge in [-0.2, -0.15) is 0 Å². The van der Waals surface area contributed by atoms with E-state index in [0.717, 1.165) is 34.6 Å². The van der Waals surface area contributed by atoms with Crippen molar-refractivity contribution < 1.29 is 19.0 Å². The molecule has 2 aromatic rings. The lowest BCUT2D eigenvalue weighted by Gasteiger charge is -2.39. The van der Waals surface area contributed by atoms with E-state index in [1.54, 1.807) is 14.2 Å². The van der Waals surface area contributed by atoms with Crippen LogP contribution in [0.4, 0.5) is 0 Å². The van der Waals surface area contributed by atoms with E-state index in [9.17, 15) is 4.79 Å². The highest BCUT2D eigenvalue weighted by molar-refractivity contribution is 8.18. The molecule has 0 aromatic heterocycles. The van der Waals surface area contributed by atoms with Crippen molar-refractivity contribution in [2.45, 2.75) is 36.1 Å². The predicted molar refractivity (Wildman–Crippen MR) is 123 cm³/mol. The summed E-state index contributed by atoms with van der Waals surface area (Å²) in [5.41, 5.74) is 5.02. The van der Waals surface area contributed by atoms with Crippen molar-refractivity contribution >= 4 is 29.5 Å². The molecule has 1 fully saturated rings. The molecule has 1 heterocycles. The number of rotatable bonds is 4. The van der Waals surface area contributed by atoms with Crippen molar-refractivity contribution in [2.24, 2.45) is 0 Å². The SMILES string of the molecule is CCOC(=O)c1cc2cc(c1)CC1(SCCCS1)c1cccc(c1)C(OC)(OC)C2. The molecule has 30 heavy (non-hydrogen) atoms. The van der Waals surface area contributed by atoms with Crippen molar-refractivity contribution in [1.29, 1.82) is 0 Å². The average Bonchev–Trinajstić information content (AvgIpc) is 2.78. The Bertz CT molecular complexity index is 917. The fraction of sp³-hybridized carbons (Fsp3) is 0.458. The van der Waals surface area contributed by atoms with Crippen molar-refractivity contribution in [3.8, 4) is 0 Å². The van der Waals surface area contributed by atoms with Gasteiger partial charge in [0.25, 0.3) is 0 Å². The molecule has 0 unspecified atom stereocenters. The highest BCUT2D eigenvalue weighted by Crippen LogP contribution is 2.53. The normalized spacial score (nSPS) is 19.3. The Morgan fingerprint density at radius 1 is 0.967 bits per heavy atom. The van der Waals surface area contributed by atoms with Crippen molar-refractivity contribution in [3.05, 3.63) is 70.3 Å². The van der Waals surface area contributed by atoms with Gasteiger partial charge in [-0.15, -0.1) is 23.5 Å². The summed E-state index contributed by atoms with van der Waals surface area (Å²) >= 11 is 4.00. The summed E-state index contributed by atoms with van der Waals surface area (Å²) in [4.78, 5) is 12.6. The van der Waals surface area contributed by atoms with Gasteiger partial charge in [0.15, 0.2) is 5.79 Å². The Kier molecular flexibility index (Phi) is 6.49. The van der Waals surface area contributed by atoms with Crippen LogP contribution in [-0.2, 0) is 36.9 Å². The van der Waals surface area contributed by atoms with Crippen LogP contribution >= 0.6 is 23.5 Å². The Labute approximate surface area is 187 Å². The molecule has 0 atom stereocenters. The summed E-state index contributed by atoms with van der Waals surface area (Å²) in [5, 5.41) is 0. The average molecular weight is 445 g/mol. The first-order valence-electron chi connectivity index (χ1n) is 10.3. The second kappa shape index (κ2) is 8.95. The third-order valence-electron chi connectivity index (χ3n) is 5.80. The van der Waals surface area contributed by atoms with Crippen LogP contribution in [0, 0.1) is 0 Å². The minimum Gasteiger partial charge on any atom is -0.462 e. The van der Waals surface area contributed by atoms with E-state index in [1.807, 2.05) is 42.6 Å². The second-order valence-corrected chi connectivity index (χ2v) is 10.7. The Hall–Kier alpha value is -1.47. The van der Waals surface area contributed by atoms with Crippen LogP contribution in [0.5, 0.6) is 0 Å². The van der Waals surface area contributed by atoms with Gasteiger partial charge in [-0.1, -0.05) is 24.3 Å². The molecule has 0 saturated carbocycles. The zero-order valence-electron chi connectivity index (χ0n) is 17.7. The molecular weight excluding hydrogens is 416 g/mol. The molecular formula is C24H28O4S2. The standard InChI is InChI=1S/C24H28O4S2/c1-4-28-22(25)19-12-17-11-18(13-19)16-24(29-9-6-10-30-24)21-8-5-7-20(14-21)23(15-17,26-2)27-3/h5,7-8,11-14H,4,6,9-10,15-16H2,1-3H3. The van der Waals surface area contributed by atoms with E-state index in [-0.39, 0.29) is 10.0 Å². The first-order valence-corrected chi connectivity index (χ1v) is 12.3. The number of thioether (sulfide) groups is 2. The maximum atomic E-state index is 12.6. The van der Waals surface area contributed by atoms with Gasteiger partial charge in [0.2, 0.25) is 0 Å². The minimum absolute atomic E-state index is 0.0939. The van der Waals surface area contributed by atoms with Gasteiger partial charge in [0, 0.05) is 32.6 Å². The highest BCUT2D eigenvalue weighted by Gasteiger charge is 2.40. The molecule has 1 saturated heterocycles. The molecule has 1 aliphatic carbocycles. The third-order valence-corrected chi connectivity index (χ3v) is 9.18.